The van der Waals surface area contributed by atoms with Gasteiger partial charge in [-0.25, -0.2) is 4.68 Å². The number of rotatable bonds is 6. The van der Waals surface area contributed by atoms with Crippen molar-refractivity contribution in [1.29, 1.82) is 0 Å². The predicted molar refractivity (Wildman–Crippen MR) is 110 cm³/mol. The standard InChI is InChI=1S/C21H27F3N6O/c22-21(23,24)18-8-9-19(27-26-18)25-14-16-6-3-4-10-29(16)11-12-30-20(31)13-15-5-1-2-7-17(15)28-30/h8-9,13,16H,1-7,10-12,14H2,(H,25,27). The fourth-order valence-corrected chi connectivity index (χ4v) is 4.37. The van der Waals surface area contributed by atoms with Crippen LogP contribution >= 0.6 is 0 Å². The van der Waals surface area contributed by atoms with Crippen LogP contribution in [0.2, 0.25) is 0 Å². The van der Waals surface area contributed by atoms with Crippen LogP contribution in [0.25, 0.3) is 0 Å². The minimum atomic E-state index is -4.49. The van der Waals surface area contributed by atoms with Crippen LogP contribution in [-0.4, -0.2) is 50.6 Å². The van der Waals surface area contributed by atoms with Gasteiger partial charge in [-0.1, -0.05) is 6.42 Å². The van der Waals surface area contributed by atoms with Gasteiger partial charge in [0.25, 0.3) is 5.56 Å². The first-order chi connectivity index (χ1) is 14.9. The largest absolute Gasteiger partial charge is 0.435 e. The summed E-state index contributed by atoms with van der Waals surface area (Å²) in [7, 11) is 0. The summed E-state index contributed by atoms with van der Waals surface area (Å²) >= 11 is 0. The molecule has 0 saturated carbocycles. The van der Waals surface area contributed by atoms with Crippen LogP contribution in [0.1, 0.15) is 49.1 Å². The van der Waals surface area contributed by atoms with Gasteiger partial charge in [-0.15, -0.1) is 10.2 Å². The molecule has 2 aliphatic rings. The Morgan fingerprint density at radius 3 is 2.68 bits per heavy atom. The van der Waals surface area contributed by atoms with Gasteiger partial charge in [0.1, 0.15) is 5.82 Å². The second-order valence-corrected chi connectivity index (χ2v) is 8.25. The lowest BCUT2D eigenvalue weighted by Gasteiger charge is -2.36. The van der Waals surface area contributed by atoms with Gasteiger partial charge in [-0.2, -0.15) is 18.3 Å². The Bertz CT molecular complexity index is 944. The van der Waals surface area contributed by atoms with Crippen molar-refractivity contribution < 1.29 is 13.2 Å². The number of anilines is 1. The smallest absolute Gasteiger partial charge is 0.367 e. The second kappa shape index (κ2) is 9.33. The maximum Gasteiger partial charge on any atom is 0.435 e. The van der Waals surface area contributed by atoms with Crippen LogP contribution in [0, 0.1) is 0 Å². The average molecular weight is 436 g/mol. The molecule has 1 aliphatic heterocycles. The van der Waals surface area contributed by atoms with Gasteiger partial charge in [0, 0.05) is 25.2 Å². The van der Waals surface area contributed by atoms with Crippen molar-refractivity contribution in [2.24, 2.45) is 0 Å². The number of nitrogens with zero attached hydrogens (tertiary/aromatic N) is 5. The molecule has 10 heteroatoms. The van der Waals surface area contributed by atoms with Gasteiger partial charge in [-0.3, -0.25) is 9.69 Å². The van der Waals surface area contributed by atoms with Crippen LogP contribution in [0.4, 0.5) is 19.0 Å². The van der Waals surface area contributed by atoms with Gasteiger partial charge in [0.05, 0.1) is 12.2 Å². The molecule has 0 amide bonds. The van der Waals surface area contributed by atoms with Crippen molar-refractivity contribution in [3.05, 3.63) is 45.5 Å². The molecule has 1 aliphatic carbocycles. The SMILES string of the molecule is O=c1cc2c(nn1CCN1CCCCC1CNc1ccc(C(F)(F)F)nn1)CCCC2. The first-order valence-corrected chi connectivity index (χ1v) is 10.9. The molecule has 7 nitrogen and oxygen atoms in total. The molecule has 31 heavy (non-hydrogen) atoms. The molecule has 0 aromatic carbocycles. The van der Waals surface area contributed by atoms with E-state index in [-0.39, 0.29) is 11.6 Å². The number of halogens is 3. The van der Waals surface area contributed by atoms with E-state index < -0.39 is 11.9 Å². The molecular weight excluding hydrogens is 409 g/mol. The molecule has 2 aromatic rings. The Morgan fingerprint density at radius 1 is 1.06 bits per heavy atom. The van der Waals surface area contributed by atoms with Crippen molar-refractivity contribution in [3.8, 4) is 0 Å². The maximum absolute atomic E-state index is 12.6. The summed E-state index contributed by atoms with van der Waals surface area (Å²) in [6.07, 6.45) is 2.77. The Labute approximate surface area is 178 Å². The highest BCUT2D eigenvalue weighted by molar-refractivity contribution is 5.33. The fraction of sp³-hybridized carbons (Fsp3) is 0.619. The van der Waals surface area contributed by atoms with Crippen molar-refractivity contribution in [2.75, 3.05) is 25.0 Å². The Balaban J connectivity index is 1.35. The van der Waals surface area contributed by atoms with Gasteiger partial charge < -0.3 is 5.32 Å². The van der Waals surface area contributed by atoms with Crippen molar-refractivity contribution in [3.63, 3.8) is 0 Å². The van der Waals surface area contributed by atoms with Crippen molar-refractivity contribution in [2.45, 2.75) is 63.7 Å². The van der Waals surface area contributed by atoms with Crippen LogP contribution in [0.5, 0.6) is 0 Å². The summed E-state index contributed by atoms with van der Waals surface area (Å²) in [5.74, 6) is 0.325. The Kier molecular flexibility index (Phi) is 6.54. The van der Waals surface area contributed by atoms with Crippen LogP contribution in [0.3, 0.4) is 0 Å². The van der Waals surface area contributed by atoms with Crippen molar-refractivity contribution in [1.82, 2.24) is 24.9 Å². The molecule has 1 fully saturated rings. The molecule has 2 aromatic heterocycles. The highest BCUT2D eigenvalue weighted by atomic mass is 19.4. The number of hydrogen-bond donors (Lipinski definition) is 1. The lowest BCUT2D eigenvalue weighted by Crippen LogP contribution is -2.45. The van der Waals surface area contributed by atoms with E-state index in [1.807, 2.05) is 0 Å². The summed E-state index contributed by atoms with van der Waals surface area (Å²) in [5, 5.41) is 14.6. The molecular formula is C21H27F3N6O. The highest BCUT2D eigenvalue weighted by Crippen LogP contribution is 2.27. The molecule has 1 atom stereocenters. The number of hydrogen-bond acceptors (Lipinski definition) is 6. The molecule has 0 bridgehead atoms. The van der Waals surface area contributed by atoms with E-state index in [0.717, 1.165) is 68.8 Å². The zero-order valence-electron chi connectivity index (χ0n) is 17.4. The van der Waals surface area contributed by atoms with E-state index in [1.54, 1.807) is 10.7 Å². The monoisotopic (exact) mass is 436 g/mol. The summed E-state index contributed by atoms with van der Waals surface area (Å²) in [5.41, 5.74) is 1.08. The van der Waals surface area contributed by atoms with Gasteiger partial charge in [0.2, 0.25) is 0 Å². The Hall–Kier alpha value is -2.49. The minimum absolute atomic E-state index is 0.0487. The third-order valence-electron chi connectivity index (χ3n) is 6.10. The first-order valence-electron chi connectivity index (χ1n) is 10.9. The molecule has 4 rings (SSSR count). The topological polar surface area (TPSA) is 75.9 Å². The third kappa shape index (κ3) is 5.41. The molecule has 1 N–H and O–H groups in total. The lowest BCUT2D eigenvalue weighted by molar-refractivity contribution is -0.141. The quantitative estimate of drug-likeness (QED) is 0.751. The van der Waals surface area contributed by atoms with E-state index in [2.05, 4.69) is 25.5 Å². The molecule has 1 saturated heterocycles. The van der Waals surface area contributed by atoms with Crippen molar-refractivity contribution >= 4 is 5.82 Å². The Morgan fingerprint density at radius 2 is 1.90 bits per heavy atom. The van der Waals surface area contributed by atoms with Gasteiger partial charge in [0.15, 0.2) is 5.69 Å². The highest BCUT2D eigenvalue weighted by Gasteiger charge is 2.33. The van der Waals surface area contributed by atoms with Crippen LogP contribution in [0.15, 0.2) is 23.0 Å². The fourth-order valence-electron chi connectivity index (χ4n) is 4.37. The third-order valence-corrected chi connectivity index (χ3v) is 6.10. The summed E-state index contributed by atoms with van der Waals surface area (Å²) < 4.78 is 39.5. The first kappa shape index (κ1) is 21.7. The summed E-state index contributed by atoms with van der Waals surface area (Å²) in [4.78, 5) is 14.7. The van der Waals surface area contributed by atoms with E-state index in [4.69, 9.17) is 0 Å². The maximum atomic E-state index is 12.6. The van der Waals surface area contributed by atoms with E-state index in [9.17, 15) is 18.0 Å². The number of piperidine rings is 1. The van der Waals surface area contributed by atoms with Gasteiger partial charge in [-0.05, 0) is 62.8 Å². The number of aromatic nitrogens is 4. The molecule has 0 spiro atoms. The summed E-state index contributed by atoms with van der Waals surface area (Å²) in [6, 6.07) is 4.19. The zero-order valence-corrected chi connectivity index (χ0v) is 17.4. The van der Waals surface area contributed by atoms with E-state index in [0.29, 0.717) is 25.5 Å². The van der Waals surface area contributed by atoms with Crippen LogP contribution < -0.4 is 10.9 Å². The van der Waals surface area contributed by atoms with Crippen LogP contribution in [-0.2, 0) is 25.6 Å². The summed E-state index contributed by atoms with van der Waals surface area (Å²) in [6.45, 7) is 2.72. The predicted octanol–water partition coefficient (Wildman–Crippen LogP) is 2.90. The normalized spacial score (nSPS) is 19.8. The van der Waals surface area contributed by atoms with E-state index in [1.165, 1.54) is 6.07 Å². The number of likely N-dealkylation sites (tertiary alicyclic amines) is 1. The number of aryl methyl sites for hydroxylation is 2. The molecule has 0 radical (unpaired) electrons. The number of alkyl halides is 3. The zero-order chi connectivity index (χ0) is 21.8. The second-order valence-electron chi connectivity index (χ2n) is 8.25. The average Bonchev–Trinajstić information content (AvgIpc) is 2.76. The lowest BCUT2D eigenvalue weighted by atomic mass is 9.97. The number of nitrogens with one attached hydrogen (secondary N) is 1. The van der Waals surface area contributed by atoms with E-state index >= 15 is 0 Å². The molecule has 3 heterocycles. The molecule has 1 unspecified atom stereocenters. The molecule has 168 valence electrons. The van der Waals surface area contributed by atoms with Gasteiger partial charge >= 0.3 is 6.18 Å². The number of fused-ring (bicyclic) bond motifs is 1. The minimum Gasteiger partial charge on any atom is -0.367 e.